The molecule has 2 aliphatic rings. The van der Waals surface area contributed by atoms with E-state index >= 15 is 0 Å². The van der Waals surface area contributed by atoms with Gasteiger partial charge in [-0.15, -0.1) is 11.3 Å². The van der Waals surface area contributed by atoms with Crippen molar-refractivity contribution in [1.29, 1.82) is 0 Å². The molecule has 2 atom stereocenters. The fourth-order valence-electron chi connectivity index (χ4n) is 4.86. The highest BCUT2D eigenvalue weighted by molar-refractivity contribution is 7.89. The summed E-state index contributed by atoms with van der Waals surface area (Å²) in [5.74, 6) is -0.489. The molecule has 2 aliphatic heterocycles. The van der Waals surface area contributed by atoms with Crippen molar-refractivity contribution in [3.8, 4) is 0 Å². The van der Waals surface area contributed by atoms with E-state index in [1.54, 1.807) is 16.4 Å². The molecule has 0 spiro atoms. The van der Waals surface area contributed by atoms with Crippen molar-refractivity contribution in [3.63, 3.8) is 0 Å². The molecule has 0 bridgehead atoms. The first-order valence-electron chi connectivity index (χ1n) is 11.1. The molecule has 1 fully saturated rings. The third kappa shape index (κ3) is 4.63. The van der Waals surface area contributed by atoms with Gasteiger partial charge in [-0.05, 0) is 23.8 Å². The van der Waals surface area contributed by atoms with E-state index in [0.29, 0.717) is 35.8 Å². The number of sulfonamides is 1. The maximum absolute atomic E-state index is 13.3. The molecule has 3 rings (SSSR count). The smallest absolute Gasteiger partial charge is 0.274 e. The van der Waals surface area contributed by atoms with Gasteiger partial charge in [-0.3, -0.25) is 9.59 Å². The maximum atomic E-state index is 13.3. The minimum Gasteiger partial charge on any atom is -0.324 e. The van der Waals surface area contributed by atoms with E-state index in [0.717, 1.165) is 15.6 Å². The third-order valence-electron chi connectivity index (χ3n) is 6.20. The number of hydrogen-bond acceptors (Lipinski definition) is 7. The summed E-state index contributed by atoms with van der Waals surface area (Å²) >= 11 is 1.43. The van der Waals surface area contributed by atoms with Crippen molar-refractivity contribution in [2.24, 2.45) is 23.7 Å². The molecule has 178 valence electrons. The summed E-state index contributed by atoms with van der Waals surface area (Å²) in [6.45, 7) is 13.3. The summed E-state index contributed by atoms with van der Waals surface area (Å²) in [7, 11) is -3.76. The molecule has 0 aromatic carbocycles. The quantitative estimate of drug-likeness (QED) is 0.612. The number of hydrogen-bond donors (Lipinski definition) is 1. The van der Waals surface area contributed by atoms with Gasteiger partial charge in [0.25, 0.3) is 5.91 Å². The second-order valence-electron chi connectivity index (χ2n) is 9.69. The number of fused-ring (bicyclic) bond motifs is 1. The number of rotatable bonds is 8. The van der Waals surface area contributed by atoms with Gasteiger partial charge in [-0.1, -0.05) is 41.5 Å². The molecule has 2 amide bonds. The standard InChI is InChI=1S/C22H34N4O4S2/c1-12(2)18-20-16(26(22(18)28)32(7,29)30)8-9-25(20)21(27)15-11-31-17(24-15)10-23-19(13(3)4)14(5)6/h8,11-14,18-20,23H,9-10H2,1-7H3/t18-,20+/m1/s1. The molecule has 0 saturated carbocycles. The van der Waals surface area contributed by atoms with Crippen LogP contribution in [0.4, 0.5) is 0 Å². The molecule has 0 unspecified atom stereocenters. The lowest BCUT2D eigenvalue weighted by Crippen LogP contribution is -2.43. The number of aromatic nitrogens is 1. The zero-order valence-corrected chi connectivity index (χ0v) is 21.5. The zero-order valence-electron chi connectivity index (χ0n) is 19.8. The van der Waals surface area contributed by atoms with Crippen LogP contribution in [0.1, 0.15) is 57.0 Å². The first-order chi connectivity index (χ1) is 14.8. The summed E-state index contributed by atoms with van der Waals surface area (Å²) in [6, 6.07) is -0.235. The molecule has 32 heavy (non-hydrogen) atoms. The van der Waals surface area contributed by atoms with Crippen LogP contribution in [0.2, 0.25) is 0 Å². The Labute approximate surface area is 195 Å². The Balaban J connectivity index is 1.79. The van der Waals surface area contributed by atoms with Crippen molar-refractivity contribution < 1.29 is 18.0 Å². The summed E-state index contributed by atoms with van der Waals surface area (Å²) in [4.78, 5) is 32.4. The van der Waals surface area contributed by atoms with Crippen LogP contribution in [0.25, 0.3) is 0 Å². The van der Waals surface area contributed by atoms with Crippen molar-refractivity contribution in [3.05, 3.63) is 27.9 Å². The molecule has 3 heterocycles. The third-order valence-corrected chi connectivity index (χ3v) is 8.11. The van der Waals surface area contributed by atoms with Crippen LogP contribution in [0.15, 0.2) is 17.2 Å². The molecule has 1 saturated heterocycles. The molecule has 8 nitrogen and oxygen atoms in total. The van der Waals surface area contributed by atoms with Crippen LogP contribution >= 0.6 is 11.3 Å². The summed E-state index contributed by atoms with van der Waals surface area (Å²) in [5.41, 5.74) is 0.721. The predicted octanol–water partition coefficient (Wildman–Crippen LogP) is 2.70. The van der Waals surface area contributed by atoms with Gasteiger partial charge in [0.15, 0.2) is 0 Å². The Kier molecular flexibility index (Phi) is 7.17. The van der Waals surface area contributed by atoms with Gasteiger partial charge in [0.2, 0.25) is 15.9 Å². The fraction of sp³-hybridized carbons (Fsp3) is 0.682. The van der Waals surface area contributed by atoms with Crippen molar-refractivity contribution in [2.45, 2.75) is 60.2 Å². The van der Waals surface area contributed by atoms with E-state index in [1.807, 2.05) is 13.8 Å². The molecule has 1 N–H and O–H groups in total. The second-order valence-corrected chi connectivity index (χ2v) is 12.5. The van der Waals surface area contributed by atoms with Crippen LogP contribution < -0.4 is 5.32 Å². The van der Waals surface area contributed by atoms with Crippen molar-refractivity contribution in [2.75, 3.05) is 12.8 Å². The number of nitrogens with zero attached hydrogens (tertiary/aromatic N) is 3. The van der Waals surface area contributed by atoms with Gasteiger partial charge in [-0.2, -0.15) is 0 Å². The van der Waals surface area contributed by atoms with Gasteiger partial charge < -0.3 is 10.2 Å². The average Bonchev–Trinajstić information content (AvgIpc) is 3.33. The Morgan fingerprint density at radius 2 is 1.84 bits per heavy atom. The molecular formula is C22H34N4O4S2. The van der Waals surface area contributed by atoms with Gasteiger partial charge in [-0.25, -0.2) is 17.7 Å². The maximum Gasteiger partial charge on any atom is 0.274 e. The van der Waals surface area contributed by atoms with E-state index in [1.165, 1.54) is 11.3 Å². The Morgan fingerprint density at radius 1 is 1.22 bits per heavy atom. The van der Waals surface area contributed by atoms with Gasteiger partial charge in [0.05, 0.1) is 23.9 Å². The van der Waals surface area contributed by atoms with Crippen LogP contribution in [0.3, 0.4) is 0 Å². The number of amides is 2. The highest BCUT2D eigenvalue weighted by Crippen LogP contribution is 2.41. The van der Waals surface area contributed by atoms with Crippen LogP contribution in [0.5, 0.6) is 0 Å². The van der Waals surface area contributed by atoms with Crippen LogP contribution in [-0.2, 0) is 21.4 Å². The monoisotopic (exact) mass is 482 g/mol. The lowest BCUT2D eigenvalue weighted by molar-refractivity contribution is -0.128. The minimum absolute atomic E-state index is 0.116. The predicted molar refractivity (Wildman–Crippen MR) is 125 cm³/mol. The second kappa shape index (κ2) is 9.23. The summed E-state index contributed by atoms with van der Waals surface area (Å²) in [5, 5.41) is 6.11. The van der Waals surface area contributed by atoms with Crippen LogP contribution in [-0.4, -0.2) is 59.3 Å². The Hall–Kier alpha value is -1.78. The first kappa shape index (κ1) is 24.9. The molecule has 0 radical (unpaired) electrons. The topological polar surface area (TPSA) is 99.7 Å². The Bertz CT molecular complexity index is 1000. The number of carbonyl (C=O) groups is 2. The highest BCUT2D eigenvalue weighted by Gasteiger charge is 2.54. The van der Waals surface area contributed by atoms with E-state index in [2.05, 4.69) is 38.0 Å². The zero-order chi connectivity index (χ0) is 24.0. The van der Waals surface area contributed by atoms with E-state index in [4.69, 9.17) is 0 Å². The number of carbonyl (C=O) groups excluding carboxylic acids is 2. The SMILES string of the molecule is CC(C)C(NCc1nc(C(=O)N2CC=C3[C@H]2[C@@H](C(C)C)C(=O)N3S(C)(=O)=O)cs1)C(C)C. The molecule has 0 aliphatic carbocycles. The highest BCUT2D eigenvalue weighted by atomic mass is 32.2. The van der Waals surface area contributed by atoms with E-state index in [-0.39, 0.29) is 18.4 Å². The molecule has 1 aromatic rings. The summed E-state index contributed by atoms with van der Waals surface area (Å²) in [6.07, 6.45) is 2.70. The molecule has 1 aromatic heterocycles. The lowest BCUT2D eigenvalue weighted by atomic mass is 9.89. The van der Waals surface area contributed by atoms with Gasteiger partial charge in [0, 0.05) is 24.5 Å². The lowest BCUT2D eigenvalue weighted by Gasteiger charge is -2.28. The first-order valence-corrected chi connectivity index (χ1v) is 13.8. The number of nitrogens with one attached hydrogen (secondary N) is 1. The molecule has 10 heteroatoms. The van der Waals surface area contributed by atoms with Crippen molar-refractivity contribution in [1.82, 2.24) is 19.5 Å². The van der Waals surface area contributed by atoms with E-state index in [9.17, 15) is 18.0 Å². The van der Waals surface area contributed by atoms with E-state index < -0.39 is 27.9 Å². The summed E-state index contributed by atoms with van der Waals surface area (Å²) < 4.78 is 25.4. The van der Waals surface area contributed by atoms with Gasteiger partial charge in [0.1, 0.15) is 10.7 Å². The Morgan fingerprint density at radius 3 is 2.38 bits per heavy atom. The number of thiazole rings is 1. The minimum atomic E-state index is -3.76. The average molecular weight is 483 g/mol. The largest absolute Gasteiger partial charge is 0.324 e. The fourth-order valence-corrected chi connectivity index (χ4v) is 6.60. The van der Waals surface area contributed by atoms with Crippen molar-refractivity contribution >= 4 is 33.2 Å². The van der Waals surface area contributed by atoms with Crippen LogP contribution in [0, 0.1) is 23.7 Å². The normalized spacial score (nSPS) is 21.5. The van der Waals surface area contributed by atoms with Gasteiger partial charge >= 0.3 is 0 Å². The molecular weight excluding hydrogens is 448 g/mol.